The van der Waals surface area contributed by atoms with Crippen LogP contribution in [0.1, 0.15) is 12.0 Å². The molecule has 0 bridgehead atoms. The molecule has 1 N–H and O–H groups in total. The lowest BCUT2D eigenvalue weighted by atomic mass is 10.2. The van der Waals surface area contributed by atoms with E-state index in [-0.39, 0.29) is 30.7 Å². The third-order valence-electron chi connectivity index (χ3n) is 4.68. The topological polar surface area (TPSA) is 69.7 Å². The van der Waals surface area contributed by atoms with Gasteiger partial charge in [-0.1, -0.05) is 41.4 Å². The molecule has 0 saturated carbocycles. The fourth-order valence-corrected chi connectivity index (χ4v) is 3.49. The molecule has 1 aliphatic rings. The van der Waals surface area contributed by atoms with Gasteiger partial charge in [0.1, 0.15) is 0 Å². The quantitative estimate of drug-likeness (QED) is 0.752. The third-order valence-corrected chi connectivity index (χ3v) is 5.41. The van der Waals surface area contributed by atoms with Gasteiger partial charge in [-0.15, -0.1) is 0 Å². The zero-order chi connectivity index (χ0) is 20.4. The Balaban J connectivity index is 1.71. The average molecular weight is 420 g/mol. The summed E-state index contributed by atoms with van der Waals surface area (Å²) in [6, 6.07) is 11.2. The normalized spacial score (nSPS) is 16.8. The zero-order valence-electron chi connectivity index (χ0n) is 15.4. The first kappa shape index (κ1) is 20.3. The molecule has 2 aromatic carbocycles. The summed E-state index contributed by atoms with van der Waals surface area (Å²) in [7, 11) is 1.64. The van der Waals surface area contributed by atoms with Crippen molar-refractivity contribution in [3.8, 4) is 0 Å². The average Bonchev–Trinajstić information content (AvgIpc) is 2.94. The Bertz CT molecular complexity index is 948. The lowest BCUT2D eigenvalue weighted by molar-refractivity contribution is -0.123. The first-order valence-corrected chi connectivity index (χ1v) is 9.41. The summed E-state index contributed by atoms with van der Waals surface area (Å²) < 4.78 is 0. The van der Waals surface area contributed by atoms with Crippen molar-refractivity contribution in [3.05, 3.63) is 58.1 Å². The smallest absolute Gasteiger partial charge is 0.251 e. The van der Waals surface area contributed by atoms with Crippen LogP contribution in [0.4, 0.5) is 11.4 Å². The summed E-state index contributed by atoms with van der Waals surface area (Å²) >= 11 is 12.2. The molecule has 3 amide bonds. The molecule has 1 saturated heterocycles. The number of rotatable bonds is 5. The molecule has 1 fully saturated rings. The fraction of sp³-hybridized carbons (Fsp3) is 0.250. The number of likely N-dealkylation sites (N-methyl/N-ethyl adjacent to an activating group) is 1. The number of amides is 3. The van der Waals surface area contributed by atoms with Gasteiger partial charge in [0.2, 0.25) is 11.8 Å². The molecule has 3 rings (SSSR count). The first-order valence-electron chi connectivity index (χ1n) is 8.66. The van der Waals surface area contributed by atoms with Crippen molar-refractivity contribution in [2.24, 2.45) is 0 Å². The summed E-state index contributed by atoms with van der Waals surface area (Å²) in [4.78, 5) is 40.4. The van der Waals surface area contributed by atoms with Gasteiger partial charge in [-0.2, -0.15) is 0 Å². The number of halogens is 2. The maximum Gasteiger partial charge on any atom is 0.251 e. The number of carbonyl (C=O) groups is 3. The van der Waals surface area contributed by atoms with Crippen LogP contribution in [0.25, 0.3) is 0 Å². The van der Waals surface area contributed by atoms with Crippen LogP contribution < -0.4 is 10.2 Å². The van der Waals surface area contributed by atoms with E-state index in [4.69, 9.17) is 23.2 Å². The highest BCUT2D eigenvalue weighted by Crippen LogP contribution is 2.31. The van der Waals surface area contributed by atoms with Crippen LogP contribution in [-0.4, -0.2) is 42.3 Å². The van der Waals surface area contributed by atoms with Crippen LogP contribution in [-0.2, 0) is 14.4 Å². The van der Waals surface area contributed by atoms with Gasteiger partial charge in [0, 0.05) is 5.02 Å². The van der Waals surface area contributed by atoms with Gasteiger partial charge in [0.25, 0.3) is 5.91 Å². The maximum absolute atomic E-state index is 12.9. The molecule has 0 spiro atoms. The Labute approximate surface area is 173 Å². The molecule has 1 atom stereocenters. The predicted molar refractivity (Wildman–Crippen MR) is 110 cm³/mol. The number of nitrogens with zero attached hydrogens (tertiary/aromatic N) is 2. The molecule has 1 aliphatic heterocycles. The number of benzene rings is 2. The lowest BCUT2D eigenvalue weighted by Gasteiger charge is -2.23. The highest BCUT2D eigenvalue weighted by atomic mass is 35.5. The van der Waals surface area contributed by atoms with Crippen LogP contribution in [0.3, 0.4) is 0 Å². The molecule has 2 aromatic rings. The summed E-state index contributed by atoms with van der Waals surface area (Å²) in [6.45, 7) is 1.70. The van der Waals surface area contributed by atoms with Gasteiger partial charge in [-0.25, -0.2) is 4.90 Å². The largest absolute Gasteiger partial charge is 0.324 e. The Morgan fingerprint density at radius 1 is 1.14 bits per heavy atom. The molecule has 1 heterocycles. The molecule has 28 heavy (non-hydrogen) atoms. The number of hydrogen-bond donors (Lipinski definition) is 1. The van der Waals surface area contributed by atoms with Crippen molar-refractivity contribution in [1.29, 1.82) is 0 Å². The third kappa shape index (κ3) is 4.04. The van der Waals surface area contributed by atoms with Gasteiger partial charge in [0.15, 0.2) is 0 Å². The van der Waals surface area contributed by atoms with Crippen LogP contribution in [0, 0.1) is 6.92 Å². The number of nitrogens with one attached hydrogen (secondary N) is 1. The number of anilines is 2. The molecular weight excluding hydrogens is 401 g/mol. The summed E-state index contributed by atoms with van der Waals surface area (Å²) in [5.74, 6) is -1.02. The Hall–Kier alpha value is -2.41. The van der Waals surface area contributed by atoms with Crippen LogP contribution in [0.2, 0.25) is 10.0 Å². The van der Waals surface area contributed by atoms with Gasteiger partial charge in [0.05, 0.1) is 35.4 Å². The van der Waals surface area contributed by atoms with Crippen molar-refractivity contribution >= 4 is 52.3 Å². The Morgan fingerprint density at radius 2 is 1.82 bits per heavy atom. The lowest BCUT2D eigenvalue weighted by Crippen LogP contribution is -2.43. The molecule has 8 heteroatoms. The van der Waals surface area contributed by atoms with E-state index >= 15 is 0 Å². The summed E-state index contributed by atoms with van der Waals surface area (Å²) in [6.07, 6.45) is 0.000655. The van der Waals surface area contributed by atoms with Crippen molar-refractivity contribution in [1.82, 2.24) is 4.90 Å². The molecule has 146 valence electrons. The monoisotopic (exact) mass is 419 g/mol. The SMILES string of the molecule is Cc1c(Cl)cccc1N1C(=O)C[C@H](N(C)CC(=O)Nc2ccccc2Cl)C1=O. The van der Waals surface area contributed by atoms with E-state index < -0.39 is 6.04 Å². The number of carbonyl (C=O) groups excluding carboxylic acids is 3. The van der Waals surface area contributed by atoms with E-state index in [2.05, 4.69) is 5.32 Å². The summed E-state index contributed by atoms with van der Waals surface area (Å²) in [5, 5.41) is 3.62. The minimum Gasteiger partial charge on any atom is -0.324 e. The molecule has 0 aromatic heterocycles. The van der Waals surface area contributed by atoms with Crippen LogP contribution >= 0.6 is 23.2 Å². The standard InChI is InChI=1S/C20H19Cl2N3O3/c1-12-13(21)7-5-9-16(12)25-19(27)10-17(20(25)28)24(2)11-18(26)23-15-8-4-3-6-14(15)22/h3-9,17H,10-11H2,1-2H3,(H,23,26)/t17-/m0/s1. The Kier molecular flexibility index (Phi) is 6.03. The van der Waals surface area contributed by atoms with Crippen molar-refractivity contribution in [2.75, 3.05) is 23.8 Å². The van der Waals surface area contributed by atoms with E-state index in [1.807, 2.05) is 0 Å². The van der Waals surface area contributed by atoms with Gasteiger partial charge >= 0.3 is 0 Å². The maximum atomic E-state index is 12.9. The molecule has 0 aliphatic carbocycles. The molecular formula is C20H19Cl2N3O3. The molecule has 0 radical (unpaired) electrons. The van der Waals surface area contributed by atoms with Crippen molar-refractivity contribution < 1.29 is 14.4 Å². The van der Waals surface area contributed by atoms with E-state index in [9.17, 15) is 14.4 Å². The zero-order valence-corrected chi connectivity index (χ0v) is 16.9. The number of para-hydroxylation sites is 1. The first-order chi connectivity index (χ1) is 13.3. The van der Waals surface area contributed by atoms with E-state index in [1.54, 1.807) is 61.3 Å². The van der Waals surface area contributed by atoms with Gasteiger partial charge in [-0.3, -0.25) is 19.3 Å². The second kappa shape index (κ2) is 8.31. The molecule has 6 nitrogen and oxygen atoms in total. The van der Waals surface area contributed by atoms with Crippen molar-refractivity contribution in [2.45, 2.75) is 19.4 Å². The minimum atomic E-state index is -0.720. The summed E-state index contributed by atoms with van der Waals surface area (Å²) in [5.41, 5.74) is 1.62. The highest BCUT2D eigenvalue weighted by molar-refractivity contribution is 6.33. The van der Waals surface area contributed by atoms with Crippen LogP contribution in [0.15, 0.2) is 42.5 Å². The number of hydrogen-bond acceptors (Lipinski definition) is 4. The number of imide groups is 1. The predicted octanol–water partition coefficient (Wildman–Crippen LogP) is 3.50. The molecule has 0 unspecified atom stereocenters. The van der Waals surface area contributed by atoms with Gasteiger partial charge < -0.3 is 5.32 Å². The van der Waals surface area contributed by atoms with E-state index in [0.717, 1.165) is 4.90 Å². The van der Waals surface area contributed by atoms with E-state index in [1.165, 1.54) is 0 Å². The van der Waals surface area contributed by atoms with Gasteiger partial charge in [-0.05, 0) is 43.8 Å². The second-order valence-corrected chi connectivity index (χ2v) is 7.43. The fourth-order valence-electron chi connectivity index (χ4n) is 3.14. The second-order valence-electron chi connectivity index (χ2n) is 6.61. The minimum absolute atomic E-state index is 0.000655. The van der Waals surface area contributed by atoms with Crippen LogP contribution in [0.5, 0.6) is 0 Å². The van der Waals surface area contributed by atoms with Crippen molar-refractivity contribution in [3.63, 3.8) is 0 Å². The highest BCUT2D eigenvalue weighted by Gasteiger charge is 2.42. The Morgan fingerprint density at radius 3 is 2.54 bits per heavy atom. The van der Waals surface area contributed by atoms with E-state index in [0.29, 0.717) is 27.0 Å².